The van der Waals surface area contributed by atoms with Crippen molar-refractivity contribution in [3.63, 3.8) is 0 Å². The van der Waals surface area contributed by atoms with Gasteiger partial charge in [0.05, 0.1) is 10.5 Å². The Morgan fingerprint density at radius 1 is 0.840 bits per heavy atom. The minimum absolute atomic E-state index is 0.00387. The minimum Gasteiger partial charge on any atom is -0.217 e. The maximum atomic E-state index is 13.5. The number of sulfone groups is 1. The Hall–Kier alpha value is -3.11. The van der Waals surface area contributed by atoms with Crippen LogP contribution >= 0.6 is 0 Å². The van der Waals surface area contributed by atoms with Crippen molar-refractivity contribution < 1.29 is 17.2 Å². The van der Waals surface area contributed by atoms with Crippen LogP contribution in [-0.4, -0.2) is 18.6 Å². The van der Waals surface area contributed by atoms with Gasteiger partial charge in [0, 0.05) is 6.07 Å². The number of rotatable bonds is 2. The van der Waals surface area contributed by atoms with E-state index >= 15 is 0 Å². The van der Waals surface area contributed by atoms with Crippen LogP contribution in [0.25, 0.3) is 0 Å². The topological polar surface area (TPSA) is 59.9 Å². The summed E-state index contributed by atoms with van der Waals surface area (Å²) < 4.78 is 51.1. The number of halogens is 2. The standard InChI is InChI=1S/C18H10F2N2O2S/c19-14-8-6-13(17(20)12-14)7-9-15-10-11-18(22-21-15)25(23,24)16-4-2-1-3-5-16/h1-6,8,10-12H. The molecule has 1 aromatic heterocycles. The molecule has 3 rings (SSSR count). The molecule has 0 saturated heterocycles. The first-order valence-electron chi connectivity index (χ1n) is 7.08. The molecule has 0 saturated carbocycles. The summed E-state index contributed by atoms with van der Waals surface area (Å²) in [6.07, 6.45) is 0. The van der Waals surface area contributed by atoms with E-state index in [0.29, 0.717) is 0 Å². The van der Waals surface area contributed by atoms with E-state index in [9.17, 15) is 17.2 Å². The molecule has 0 radical (unpaired) electrons. The fraction of sp³-hybridized carbons (Fsp3) is 0. The van der Waals surface area contributed by atoms with Crippen LogP contribution in [0.2, 0.25) is 0 Å². The Labute approximate surface area is 143 Å². The Morgan fingerprint density at radius 3 is 2.24 bits per heavy atom. The molecule has 0 aliphatic heterocycles. The lowest BCUT2D eigenvalue weighted by Crippen LogP contribution is -2.05. The fourth-order valence-corrected chi connectivity index (χ4v) is 3.13. The molecule has 0 bridgehead atoms. The number of hydrogen-bond donors (Lipinski definition) is 0. The molecule has 124 valence electrons. The summed E-state index contributed by atoms with van der Waals surface area (Å²) in [5, 5.41) is 7.20. The summed E-state index contributed by atoms with van der Waals surface area (Å²) >= 11 is 0. The lowest BCUT2D eigenvalue weighted by atomic mass is 10.2. The molecule has 0 fully saturated rings. The average Bonchev–Trinajstić information content (AvgIpc) is 2.62. The van der Waals surface area contributed by atoms with E-state index in [4.69, 9.17) is 0 Å². The van der Waals surface area contributed by atoms with Gasteiger partial charge in [-0.3, -0.25) is 0 Å². The highest BCUT2D eigenvalue weighted by molar-refractivity contribution is 7.91. The summed E-state index contributed by atoms with van der Waals surface area (Å²) in [6.45, 7) is 0. The zero-order valence-electron chi connectivity index (χ0n) is 12.6. The summed E-state index contributed by atoms with van der Waals surface area (Å²) in [5.74, 6) is 3.58. The predicted molar refractivity (Wildman–Crippen MR) is 86.3 cm³/mol. The number of hydrogen-bond acceptors (Lipinski definition) is 4. The molecular formula is C18H10F2N2O2S. The molecule has 2 aromatic carbocycles. The second-order valence-corrected chi connectivity index (χ2v) is 6.84. The van der Waals surface area contributed by atoms with Crippen molar-refractivity contribution in [2.75, 3.05) is 0 Å². The van der Waals surface area contributed by atoms with Crippen LogP contribution in [0.15, 0.2) is 70.6 Å². The zero-order valence-corrected chi connectivity index (χ0v) is 13.5. The molecule has 7 heteroatoms. The molecule has 0 aliphatic rings. The molecular weight excluding hydrogens is 346 g/mol. The smallest absolute Gasteiger partial charge is 0.217 e. The first-order valence-corrected chi connectivity index (χ1v) is 8.56. The minimum atomic E-state index is -3.76. The third-order valence-electron chi connectivity index (χ3n) is 3.23. The van der Waals surface area contributed by atoms with Gasteiger partial charge in [-0.1, -0.05) is 24.1 Å². The lowest BCUT2D eigenvalue weighted by Gasteiger charge is -2.02. The maximum Gasteiger partial charge on any atom is 0.225 e. The highest BCUT2D eigenvalue weighted by atomic mass is 32.2. The number of aromatic nitrogens is 2. The van der Waals surface area contributed by atoms with Gasteiger partial charge in [0.1, 0.15) is 17.3 Å². The van der Waals surface area contributed by atoms with E-state index < -0.39 is 21.5 Å². The molecule has 0 aliphatic carbocycles. The fourth-order valence-electron chi connectivity index (χ4n) is 1.97. The van der Waals surface area contributed by atoms with Crippen LogP contribution in [0.4, 0.5) is 8.78 Å². The normalized spacial score (nSPS) is 10.8. The average molecular weight is 356 g/mol. The molecule has 4 nitrogen and oxygen atoms in total. The first kappa shape index (κ1) is 16.7. The quantitative estimate of drug-likeness (QED) is 0.663. The third-order valence-corrected chi connectivity index (χ3v) is 4.89. The number of benzene rings is 2. The molecule has 0 amide bonds. The Morgan fingerprint density at radius 2 is 1.60 bits per heavy atom. The van der Waals surface area contributed by atoms with Gasteiger partial charge in [-0.15, -0.1) is 10.2 Å². The van der Waals surface area contributed by atoms with Gasteiger partial charge in [-0.2, -0.15) is 0 Å². The van der Waals surface area contributed by atoms with Crippen molar-refractivity contribution in [3.05, 3.63) is 83.6 Å². The summed E-state index contributed by atoms with van der Waals surface area (Å²) in [7, 11) is -3.76. The van der Waals surface area contributed by atoms with Gasteiger partial charge in [-0.05, 0) is 42.3 Å². The highest BCUT2D eigenvalue weighted by Crippen LogP contribution is 2.17. The van der Waals surface area contributed by atoms with Crippen molar-refractivity contribution in [3.8, 4) is 11.8 Å². The van der Waals surface area contributed by atoms with E-state index in [0.717, 1.165) is 12.1 Å². The maximum absolute atomic E-state index is 13.5. The molecule has 1 heterocycles. The second kappa shape index (κ2) is 6.79. The van der Waals surface area contributed by atoms with Gasteiger partial charge in [0.15, 0.2) is 5.03 Å². The summed E-state index contributed by atoms with van der Waals surface area (Å²) in [6, 6.07) is 13.5. The van der Waals surface area contributed by atoms with Crippen LogP contribution in [0.1, 0.15) is 11.3 Å². The van der Waals surface area contributed by atoms with E-state index in [-0.39, 0.29) is 21.2 Å². The van der Waals surface area contributed by atoms with Crippen molar-refractivity contribution in [2.45, 2.75) is 9.92 Å². The van der Waals surface area contributed by atoms with Gasteiger partial charge in [-0.25, -0.2) is 17.2 Å². The number of nitrogens with zero attached hydrogens (tertiary/aromatic N) is 2. The summed E-state index contributed by atoms with van der Waals surface area (Å²) in [5.41, 5.74) is 0.167. The van der Waals surface area contributed by atoms with Crippen molar-refractivity contribution >= 4 is 9.84 Å². The van der Waals surface area contributed by atoms with Gasteiger partial charge < -0.3 is 0 Å². The zero-order chi connectivity index (χ0) is 17.9. The molecule has 0 N–H and O–H groups in total. The lowest BCUT2D eigenvalue weighted by molar-refractivity contribution is 0.581. The van der Waals surface area contributed by atoms with Crippen molar-refractivity contribution in [2.24, 2.45) is 0 Å². The predicted octanol–water partition coefficient (Wildman–Crippen LogP) is 2.99. The van der Waals surface area contributed by atoms with E-state index in [2.05, 4.69) is 22.0 Å². The van der Waals surface area contributed by atoms with E-state index in [1.807, 2.05) is 0 Å². The highest BCUT2D eigenvalue weighted by Gasteiger charge is 2.19. The van der Waals surface area contributed by atoms with Crippen molar-refractivity contribution in [1.82, 2.24) is 10.2 Å². The Bertz CT molecular complexity index is 1070. The van der Waals surface area contributed by atoms with Gasteiger partial charge in [0.2, 0.25) is 9.84 Å². The van der Waals surface area contributed by atoms with Gasteiger partial charge in [0.25, 0.3) is 0 Å². The van der Waals surface area contributed by atoms with Crippen molar-refractivity contribution in [1.29, 1.82) is 0 Å². The Balaban J connectivity index is 1.88. The SMILES string of the molecule is O=S(=O)(c1ccccc1)c1ccc(C#Cc2ccc(F)cc2F)nn1. The van der Waals surface area contributed by atoms with Gasteiger partial charge >= 0.3 is 0 Å². The van der Waals surface area contributed by atoms with Crippen LogP contribution in [0.3, 0.4) is 0 Å². The third kappa shape index (κ3) is 3.70. The molecule has 0 atom stereocenters. The Kier molecular flexibility index (Phi) is 4.55. The second-order valence-electron chi connectivity index (χ2n) is 4.95. The largest absolute Gasteiger partial charge is 0.225 e. The molecule has 0 spiro atoms. The van der Waals surface area contributed by atoms with Crippen LogP contribution < -0.4 is 0 Å². The molecule has 0 unspecified atom stereocenters. The van der Waals surface area contributed by atoms with E-state index in [1.54, 1.807) is 18.2 Å². The van der Waals surface area contributed by atoms with Crippen LogP contribution in [0.5, 0.6) is 0 Å². The first-order chi connectivity index (χ1) is 12.0. The molecule has 3 aromatic rings. The monoisotopic (exact) mass is 356 g/mol. The van der Waals surface area contributed by atoms with Crippen LogP contribution in [-0.2, 0) is 9.84 Å². The molecule has 25 heavy (non-hydrogen) atoms. The van der Waals surface area contributed by atoms with Crippen LogP contribution in [0, 0.1) is 23.5 Å². The van der Waals surface area contributed by atoms with E-state index in [1.165, 1.54) is 30.3 Å². The summed E-state index contributed by atoms with van der Waals surface area (Å²) in [4.78, 5) is 0.108.